The number of halogens is 3. The van der Waals surface area contributed by atoms with Gasteiger partial charge in [0.15, 0.2) is 6.61 Å². The summed E-state index contributed by atoms with van der Waals surface area (Å²) in [5, 5.41) is 2.92. The third-order valence-corrected chi connectivity index (χ3v) is 10.5. The van der Waals surface area contributed by atoms with Gasteiger partial charge >= 0.3 is 5.97 Å². The minimum Gasteiger partial charge on any atom is -0.495 e. The van der Waals surface area contributed by atoms with Crippen LogP contribution in [0.15, 0.2) is 29.2 Å². The normalized spacial score (nSPS) is 24.9. The van der Waals surface area contributed by atoms with Gasteiger partial charge in [0.1, 0.15) is 16.4 Å². The molecule has 0 heterocycles. The van der Waals surface area contributed by atoms with Crippen molar-refractivity contribution in [2.75, 3.05) is 25.5 Å². The van der Waals surface area contributed by atoms with Gasteiger partial charge in [0.25, 0.3) is 15.9 Å². The predicted molar refractivity (Wildman–Crippen MR) is 151 cm³/mol. The average molecular weight is 632 g/mol. The summed E-state index contributed by atoms with van der Waals surface area (Å²) in [6.45, 7) is -0.512. The zero-order chi connectivity index (χ0) is 28.8. The number of sulfonamides is 1. The van der Waals surface area contributed by atoms with E-state index in [-0.39, 0.29) is 43.4 Å². The number of ether oxygens (including phenoxy) is 3. The fourth-order valence-corrected chi connectivity index (χ4v) is 8.99. The van der Waals surface area contributed by atoms with Crippen LogP contribution in [-0.2, 0) is 19.6 Å². The number of hydrogen-bond acceptors (Lipinski definition) is 7. The van der Waals surface area contributed by atoms with Gasteiger partial charge in [-0.15, -0.1) is 0 Å². The predicted octanol–water partition coefficient (Wildman–Crippen LogP) is 5.71. The van der Waals surface area contributed by atoms with Gasteiger partial charge in [-0.25, -0.2) is 13.2 Å². The lowest BCUT2D eigenvalue weighted by Crippen LogP contribution is -2.60. The Kier molecular flexibility index (Phi) is 8.09. The van der Waals surface area contributed by atoms with Gasteiger partial charge in [-0.2, -0.15) is 0 Å². The lowest BCUT2D eigenvalue weighted by Gasteiger charge is -2.56. The minimum atomic E-state index is -4.35. The van der Waals surface area contributed by atoms with Crippen molar-refractivity contribution < 1.29 is 32.2 Å². The molecule has 40 heavy (non-hydrogen) atoms. The summed E-state index contributed by atoms with van der Waals surface area (Å²) in [4.78, 5) is 25.3. The summed E-state index contributed by atoms with van der Waals surface area (Å²) in [6.07, 6.45) is 6.58. The zero-order valence-electron chi connectivity index (χ0n) is 21.9. The number of anilines is 1. The highest BCUT2D eigenvalue weighted by molar-refractivity contribution is 7.92. The van der Waals surface area contributed by atoms with Crippen molar-refractivity contribution in [1.29, 1.82) is 0 Å². The van der Waals surface area contributed by atoms with Gasteiger partial charge in [-0.3, -0.25) is 9.52 Å². The molecule has 0 aromatic heterocycles. The van der Waals surface area contributed by atoms with Crippen molar-refractivity contribution in [2.45, 2.75) is 49.0 Å². The third-order valence-electron chi connectivity index (χ3n) is 8.03. The molecule has 6 rings (SSSR count). The Hall–Kier alpha value is -2.40. The molecule has 2 aromatic carbocycles. The van der Waals surface area contributed by atoms with E-state index in [9.17, 15) is 18.0 Å². The van der Waals surface area contributed by atoms with E-state index in [0.717, 1.165) is 31.4 Å². The molecule has 0 saturated heterocycles. The van der Waals surface area contributed by atoms with E-state index >= 15 is 0 Å². The number of carbonyl (C=O) groups is 2. The maximum absolute atomic E-state index is 13.3. The summed E-state index contributed by atoms with van der Waals surface area (Å²) in [6, 6.07) is 4.87. The molecule has 9 nitrogen and oxygen atoms in total. The van der Waals surface area contributed by atoms with Crippen LogP contribution in [0.25, 0.3) is 0 Å². The van der Waals surface area contributed by atoms with Crippen LogP contribution < -0.4 is 19.5 Å². The molecule has 216 valence electrons. The standard InChI is InChI=1S/C27H29Cl3N2O7S/c1-37-22-9-23(38-2)21(8-19(22)29)32-40(35,36)24-6-17(18(28)7-20(24)30)26(34)39-13-25(33)31-27-10-14-3-15(11-27)5-16(4-14)12-27/h6-9,14-16,32H,3-5,10-13H2,1-2H3,(H,31,33). The molecule has 0 atom stereocenters. The van der Waals surface area contributed by atoms with Crippen molar-refractivity contribution in [3.63, 3.8) is 0 Å². The molecule has 0 spiro atoms. The second-order valence-corrected chi connectivity index (χ2v) is 13.7. The topological polar surface area (TPSA) is 120 Å². The van der Waals surface area contributed by atoms with Gasteiger partial charge in [0.2, 0.25) is 0 Å². The first-order valence-electron chi connectivity index (χ1n) is 12.8. The highest BCUT2D eigenvalue weighted by Crippen LogP contribution is 2.55. The molecule has 2 aromatic rings. The molecule has 4 aliphatic rings. The van der Waals surface area contributed by atoms with Crippen LogP contribution in [0.1, 0.15) is 48.9 Å². The van der Waals surface area contributed by atoms with Crippen LogP contribution >= 0.6 is 34.8 Å². The first kappa shape index (κ1) is 29.1. The Morgan fingerprint density at radius 1 is 0.875 bits per heavy atom. The summed E-state index contributed by atoms with van der Waals surface area (Å²) in [5.41, 5.74) is -0.465. The monoisotopic (exact) mass is 630 g/mol. The van der Waals surface area contributed by atoms with Crippen LogP contribution in [0.2, 0.25) is 15.1 Å². The molecule has 0 unspecified atom stereocenters. The number of methoxy groups -OCH3 is 2. The Labute approximate surface area is 247 Å². The minimum absolute atomic E-state index is 0.0183. The van der Waals surface area contributed by atoms with Crippen molar-refractivity contribution in [3.8, 4) is 11.5 Å². The highest BCUT2D eigenvalue weighted by atomic mass is 35.5. The number of amides is 1. The van der Waals surface area contributed by atoms with Crippen LogP contribution in [0, 0.1) is 17.8 Å². The van der Waals surface area contributed by atoms with Gasteiger partial charge < -0.3 is 19.5 Å². The fourth-order valence-electron chi connectivity index (χ4n) is 6.84. The number of nitrogens with one attached hydrogen (secondary N) is 2. The summed E-state index contributed by atoms with van der Waals surface area (Å²) in [5.74, 6) is 1.00. The molecule has 4 aliphatic carbocycles. The van der Waals surface area contributed by atoms with E-state index in [1.165, 1.54) is 45.6 Å². The molecular weight excluding hydrogens is 603 g/mol. The Morgan fingerprint density at radius 3 is 2.05 bits per heavy atom. The van der Waals surface area contributed by atoms with E-state index in [4.69, 9.17) is 49.0 Å². The second kappa shape index (κ2) is 11.1. The largest absolute Gasteiger partial charge is 0.495 e. The number of hydrogen-bond donors (Lipinski definition) is 2. The van der Waals surface area contributed by atoms with Gasteiger partial charge in [-0.05, 0) is 74.5 Å². The number of esters is 1. The fraction of sp³-hybridized carbons (Fsp3) is 0.481. The van der Waals surface area contributed by atoms with Crippen LogP contribution in [0.4, 0.5) is 5.69 Å². The first-order chi connectivity index (χ1) is 18.9. The molecule has 4 saturated carbocycles. The van der Waals surface area contributed by atoms with Gasteiger partial charge in [0.05, 0.1) is 40.5 Å². The van der Waals surface area contributed by atoms with E-state index in [1.807, 2.05) is 0 Å². The second-order valence-electron chi connectivity index (χ2n) is 10.9. The lowest BCUT2D eigenvalue weighted by atomic mass is 9.53. The van der Waals surface area contributed by atoms with E-state index in [2.05, 4.69) is 10.0 Å². The van der Waals surface area contributed by atoms with Crippen LogP contribution in [0.5, 0.6) is 11.5 Å². The lowest BCUT2D eigenvalue weighted by molar-refractivity contribution is -0.130. The van der Waals surface area contributed by atoms with Crippen molar-refractivity contribution in [1.82, 2.24) is 5.32 Å². The van der Waals surface area contributed by atoms with E-state index in [1.54, 1.807) is 0 Å². The molecule has 4 bridgehead atoms. The third kappa shape index (κ3) is 5.82. The van der Waals surface area contributed by atoms with Crippen LogP contribution in [-0.4, -0.2) is 46.7 Å². The van der Waals surface area contributed by atoms with Gasteiger partial charge in [0, 0.05) is 11.6 Å². The summed E-state index contributed by atoms with van der Waals surface area (Å²) in [7, 11) is -1.60. The Balaban J connectivity index is 1.29. The Morgan fingerprint density at radius 2 is 1.48 bits per heavy atom. The van der Waals surface area contributed by atoms with Crippen molar-refractivity contribution in [2.24, 2.45) is 17.8 Å². The molecular formula is C27H29Cl3N2O7S. The zero-order valence-corrected chi connectivity index (χ0v) is 25.0. The quantitative estimate of drug-likeness (QED) is 0.341. The molecule has 0 aliphatic heterocycles. The average Bonchev–Trinajstić information content (AvgIpc) is 2.86. The molecule has 13 heteroatoms. The smallest absolute Gasteiger partial charge is 0.340 e. The van der Waals surface area contributed by atoms with Crippen molar-refractivity contribution in [3.05, 3.63) is 44.9 Å². The van der Waals surface area contributed by atoms with E-state index < -0.39 is 33.4 Å². The summed E-state index contributed by atoms with van der Waals surface area (Å²) >= 11 is 18.6. The number of rotatable bonds is 9. The SMILES string of the molecule is COc1cc(OC)c(NS(=O)(=O)c2cc(C(=O)OCC(=O)NC34CC5CC(CC(C5)C3)C4)c(Cl)cc2Cl)cc1Cl. The maximum atomic E-state index is 13.3. The van der Waals surface area contributed by atoms with Gasteiger partial charge in [-0.1, -0.05) is 34.8 Å². The highest BCUT2D eigenvalue weighted by Gasteiger charge is 2.51. The molecule has 2 N–H and O–H groups in total. The Bertz CT molecular complexity index is 1430. The molecule has 0 radical (unpaired) electrons. The molecule has 1 amide bonds. The number of benzene rings is 2. The summed E-state index contributed by atoms with van der Waals surface area (Å²) < 4.78 is 44.5. The van der Waals surface area contributed by atoms with Crippen molar-refractivity contribution >= 4 is 62.4 Å². The van der Waals surface area contributed by atoms with E-state index in [0.29, 0.717) is 17.8 Å². The first-order valence-corrected chi connectivity index (χ1v) is 15.4. The number of carbonyl (C=O) groups excluding carboxylic acids is 2. The maximum Gasteiger partial charge on any atom is 0.340 e. The molecule has 4 fully saturated rings. The van der Waals surface area contributed by atoms with Crippen LogP contribution in [0.3, 0.4) is 0 Å².